The average Bonchev–Trinajstić information content (AvgIpc) is 3.21. The molecule has 0 bridgehead atoms. The molecule has 3 heterocycles. The van der Waals surface area contributed by atoms with Crippen LogP contribution < -0.4 is 15.0 Å². The van der Waals surface area contributed by atoms with Crippen LogP contribution >= 0.6 is 0 Å². The fourth-order valence-electron chi connectivity index (χ4n) is 3.41. The lowest BCUT2D eigenvalue weighted by molar-refractivity contribution is 0.208. The highest BCUT2D eigenvalue weighted by Crippen LogP contribution is 2.22. The maximum Gasteiger partial charge on any atom is 0.321 e. The Labute approximate surface area is 175 Å². The summed E-state index contributed by atoms with van der Waals surface area (Å²) < 4.78 is 6.96. The third-order valence-electron chi connectivity index (χ3n) is 5.16. The van der Waals surface area contributed by atoms with Crippen molar-refractivity contribution in [2.24, 2.45) is 0 Å². The maximum absolute atomic E-state index is 12.7. The zero-order chi connectivity index (χ0) is 21.1. The van der Waals surface area contributed by atoms with Gasteiger partial charge in [0.2, 0.25) is 0 Å². The number of carbonyl (C=O) groups excluding carboxylic acids is 1. The predicted octanol–water partition coefficient (Wildman–Crippen LogP) is 2.64. The molecule has 2 aromatic heterocycles. The summed E-state index contributed by atoms with van der Waals surface area (Å²) in [6.45, 7) is 6.51. The van der Waals surface area contributed by atoms with Gasteiger partial charge in [-0.3, -0.25) is 0 Å². The summed E-state index contributed by atoms with van der Waals surface area (Å²) in [5, 5.41) is 7.39. The van der Waals surface area contributed by atoms with Crippen molar-refractivity contribution in [1.29, 1.82) is 0 Å². The van der Waals surface area contributed by atoms with E-state index in [0.717, 1.165) is 34.3 Å². The molecule has 1 N–H and O–H groups in total. The third kappa shape index (κ3) is 4.19. The number of hydrogen-bond acceptors (Lipinski definition) is 6. The summed E-state index contributed by atoms with van der Waals surface area (Å²) in [5.41, 5.74) is 2.68. The van der Waals surface area contributed by atoms with Crippen LogP contribution in [0.3, 0.4) is 0 Å². The van der Waals surface area contributed by atoms with Crippen molar-refractivity contribution in [2.75, 3.05) is 43.5 Å². The fraction of sp³-hybridized carbons (Fsp3) is 0.333. The monoisotopic (exact) mass is 407 g/mol. The molecular formula is C21H25N7O2. The van der Waals surface area contributed by atoms with E-state index in [1.165, 1.54) is 0 Å². The number of carbonyl (C=O) groups is 1. The summed E-state index contributed by atoms with van der Waals surface area (Å²) in [4.78, 5) is 25.4. The van der Waals surface area contributed by atoms with E-state index in [4.69, 9.17) is 4.74 Å². The van der Waals surface area contributed by atoms with Gasteiger partial charge in [-0.25, -0.2) is 19.4 Å². The van der Waals surface area contributed by atoms with E-state index in [-0.39, 0.29) is 6.03 Å². The second-order valence-electron chi connectivity index (χ2n) is 7.22. The topological polar surface area (TPSA) is 88.4 Å². The predicted molar refractivity (Wildman–Crippen MR) is 114 cm³/mol. The van der Waals surface area contributed by atoms with Crippen molar-refractivity contribution in [3.05, 3.63) is 54.1 Å². The molecule has 0 atom stereocenters. The SMILES string of the molecule is COc1ccc(NC(=O)N2CCN(c3cc(-n4ccc(C)n4)ncn3)CC2)c(C)c1. The lowest BCUT2D eigenvalue weighted by atomic mass is 10.2. The summed E-state index contributed by atoms with van der Waals surface area (Å²) in [6.07, 6.45) is 3.43. The maximum atomic E-state index is 12.7. The quantitative estimate of drug-likeness (QED) is 0.715. The first kappa shape index (κ1) is 19.7. The number of benzene rings is 1. The van der Waals surface area contributed by atoms with Gasteiger partial charge < -0.3 is 19.9 Å². The molecule has 0 unspecified atom stereocenters. The number of nitrogens with zero attached hydrogens (tertiary/aromatic N) is 6. The molecule has 156 valence electrons. The van der Waals surface area contributed by atoms with Crippen LogP contribution in [-0.2, 0) is 0 Å². The van der Waals surface area contributed by atoms with Gasteiger partial charge in [0, 0.05) is 44.1 Å². The van der Waals surface area contributed by atoms with Crippen molar-refractivity contribution < 1.29 is 9.53 Å². The Morgan fingerprint density at radius 1 is 1.03 bits per heavy atom. The molecule has 3 aromatic rings. The number of amides is 2. The van der Waals surface area contributed by atoms with Gasteiger partial charge in [0.15, 0.2) is 5.82 Å². The van der Waals surface area contributed by atoms with Crippen molar-refractivity contribution in [1.82, 2.24) is 24.6 Å². The Kier molecular flexibility index (Phi) is 5.51. The van der Waals surface area contributed by atoms with E-state index in [1.807, 2.05) is 55.3 Å². The molecule has 1 fully saturated rings. The standard InChI is InChI=1S/C21H25N7O2/c1-15-12-17(30-3)4-5-18(15)24-21(29)27-10-8-26(9-11-27)19-13-20(23-14-22-19)28-7-6-16(2)25-28/h4-7,12-14H,8-11H2,1-3H3,(H,24,29). The van der Waals surface area contributed by atoms with Crippen molar-refractivity contribution >= 4 is 17.5 Å². The van der Waals surface area contributed by atoms with Crippen LogP contribution in [0.25, 0.3) is 5.82 Å². The number of aryl methyl sites for hydroxylation is 2. The molecule has 9 heteroatoms. The minimum absolute atomic E-state index is 0.0988. The number of nitrogens with one attached hydrogen (secondary N) is 1. The first-order chi connectivity index (χ1) is 14.5. The highest BCUT2D eigenvalue weighted by Gasteiger charge is 2.23. The molecule has 0 saturated carbocycles. The minimum atomic E-state index is -0.0988. The average molecular weight is 407 g/mol. The summed E-state index contributed by atoms with van der Waals surface area (Å²) in [5.74, 6) is 2.33. The molecular weight excluding hydrogens is 382 g/mol. The van der Waals surface area contributed by atoms with Crippen molar-refractivity contribution in [3.63, 3.8) is 0 Å². The van der Waals surface area contributed by atoms with Gasteiger partial charge in [-0.1, -0.05) is 0 Å². The molecule has 2 amide bonds. The van der Waals surface area contributed by atoms with Gasteiger partial charge in [0.25, 0.3) is 0 Å². The van der Waals surface area contributed by atoms with Crippen molar-refractivity contribution in [3.8, 4) is 11.6 Å². The van der Waals surface area contributed by atoms with Crippen LogP contribution in [0.5, 0.6) is 5.75 Å². The Morgan fingerprint density at radius 3 is 2.47 bits per heavy atom. The van der Waals surface area contributed by atoms with Crippen molar-refractivity contribution in [2.45, 2.75) is 13.8 Å². The largest absolute Gasteiger partial charge is 0.497 e. The van der Waals surface area contributed by atoms with E-state index in [2.05, 4.69) is 25.3 Å². The molecule has 0 spiro atoms. The zero-order valence-electron chi connectivity index (χ0n) is 17.4. The van der Waals surface area contributed by atoms with Gasteiger partial charge in [-0.2, -0.15) is 5.10 Å². The Balaban J connectivity index is 1.37. The Morgan fingerprint density at radius 2 is 1.80 bits per heavy atom. The van der Waals surface area contributed by atoms with Crippen LogP contribution in [0.4, 0.5) is 16.3 Å². The summed E-state index contributed by atoms with van der Waals surface area (Å²) in [7, 11) is 1.63. The van der Waals surface area contributed by atoms with E-state index < -0.39 is 0 Å². The van der Waals surface area contributed by atoms with E-state index >= 15 is 0 Å². The molecule has 1 aromatic carbocycles. The second-order valence-corrected chi connectivity index (χ2v) is 7.22. The van der Waals surface area contributed by atoms with Crippen LogP contribution in [-0.4, -0.2) is 64.0 Å². The molecule has 1 aliphatic heterocycles. The molecule has 30 heavy (non-hydrogen) atoms. The number of aromatic nitrogens is 4. The molecule has 4 rings (SSSR count). The number of rotatable bonds is 4. The summed E-state index contributed by atoms with van der Waals surface area (Å²) >= 11 is 0. The first-order valence-corrected chi connectivity index (χ1v) is 9.84. The second kappa shape index (κ2) is 8.40. The number of ether oxygens (including phenoxy) is 1. The fourth-order valence-corrected chi connectivity index (χ4v) is 3.41. The highest BCUT2D eigenvalue weighted by molar-refractivity contribution is 5.90. The van der Waals surface area contributed by atoms with Gasteiger partial charge in [0.1, 0.15) is 17.9 Å². The lowest BCUT2D eigenvalue weighted by Gasteiger charge is -2.35. The molecule has 0 radical (unpaired) electrons. The van der Waals surface area contributed by atoms with Crippen LogP contribution in [0.2, 0.25) is 0 Å². The van der Waals surface area contributed by atoms with Crippen LogP contribution in [0.1, 0.15) is 11.3 Å². The Bertz CT molecular complexity index is 1040. The van der Waals surface area contributed by atoms with Gasteiger partial charge in [-0.15, -0.1) is 0 Å². The van der Waals surface area contributed by atoms with E-state index in [1.54, 1.807) is 18.1 Å². The number of methoxy groups -OCH3 is 1. The first-order valence-electron chi connectivity index (χ1n) is 9.84. The smallest absolute Gasteiger partial charge is 0.321 e. The van der Waals surface area contributed by atoms with Crippen LogP contribution in [0, 0.1) is 13.8 Å². The van der Waals surface area contributed by atoms with Crippen LogP contribution in [0.15, 0.2) is 42.9 Å². The molecule has 0 aliphatic carbocycles. The number of anilines is 2. The number of hydrogen-bond donors (Lipinski definition) is 1. The zero-order valence-corrected chi connectivity index (χ0v) is 17.4. The summed E-state index contributed by atoms with van der Waals surface area (Å²) in [6, 6.07) is 9.36. The van der Waals surface area contributed by atoms with Gasteiger partial charge >= 0.3 is 6.03 Å². The third-order valence-corrected chi connectivity index (χ3v) is 5.16. The van der Waals surface area contributed by atoms with Gasteiger partial charge in [0.05, 0.1) is 12.8 Å². The van der Waals surface area contributed by atoms with E-state index in [0.29, 0.717) is 26.2 Å². The lowest BCUT2D eigenvalue weighted by Crippen LogP contribution is -2.50. The van der Waals surface area contributed by atoms with E-state index in [9.17, 15) is 4.79 Å². The number of piperazine rings is 1. The van der Waals surface area contributed by atoms with Gasteiger partial charge in [-0.05, 0) is 43.7 Å². The highest BCUT2D eigenvalue weighted by atomic mass is 16.5. The Hall–Kier alpha value is -3.62. The molecule has 1 saturated heterocycles. The molecule has 9 nitrogen and oxygen atoms in total. The molecule has 1 aliphatic rings. The minimum Gasteiger partial charge on any atom is -0.497 e. The number of urea groups is 1. The normalized spacial score (nSPS) is 14.0.